The van der Waals surface area contributed by atoms with E-state index in [2.05, 4.69) is 0 Å². The number of rotatable bonds is 2. The lowest BCUT2D eigenvalue weighted by Crippen LogP contribution is -2.12. The number of fused-ring (bicyclic) bond motifs is 3. The second-order valence-electron chi connectivity index (χ2n) is 4.07. The lowest BCUT2D eigenvalue weighted by Gasteiger charge is -2.07. The Bertz CT molecular complexity index is 568. The summed E-state index contributed by atoms with van der Waals surface area (Å²) in [4.78, 5) is 22.4. The molecule has 0 spiro atoms. The summed E-state index contributed by atoms with van der Waals surface area (Å²) in [6.07, 6.45) is 1.50. The van der Waals surface area contributed by atoms with Gasteiger partial charge in [0.25, 0.3) is 6.29 Å². The second kappa shape index (κ2) is 3.67. The Labute approximate surface area is 98.9 Å². The molecule has 2 heteroatoms. The topological polar surface area (TPSA) is 34.1 Å². The van der Waals surface area contributed by atoms with Gasteiger partial charge in [-0.05, 0) is 22.3 Å². The van der Waals surface area contributed by atoms with Crippen molar-refractivity contribution in [1.82, 2.24) is 0 Å². The summed E-state index contributed by atoms with van der Waals surface area (Å²) in [6, 6.07) is 15.4. The first-order valence-corrected chi connectivity index (χ1v) is 5.43. The minimum absolute atomic E-state index is 0.472. The molecule has 1 radical (unpaired) electrons. The van der Waals surface area contributed by atoms with E-state index in [1.165, 1.54) is 6.29 Å². The first-order chi connectivity index (χ1) is 8.33. The quantitative estimate of drug-likeness (QED) is 0.730. The zero-order chi connectivity index (χ0) is 11.8. The summed E-state index contributed by atoms with van der Waals surface area (Å²) < 4.78 is 0. The summed E-state index contributed by atoms with van der Waals surface area (Å²) in [5, 5.41) is 0. The van der Waals surface area contributed by atoms with Crippen molar-refractivity contribution in [3.63, 3.8) is 0 Å². The van der Waals surface area contributed by atoms with E-state index in [-0.39, 0.29) is 0 Å². The van der Waals surface area contributed by atoms with Crippen LogP contribution < -0.4 is 0 Å². The van der Waals surface area contributed by atoms with Crippen LogP contribution in [0.1, 0.15) is 17.0 Å². The van der Waals surface area contributed by atoms with Gasteiger partial charge in [-0.2, -0.15) is 0 Å². The smallest absolute Gasteiger partial charge is 0.273 e. The normalized spacial score (nSPS) is 12.9. The molecule has 0 aromatic heterocycles. The third kappa shape index (κ3) is 1.34. The van der Waals surface area contributed by atoms with Gasteiger partial charge in [0.15, 0.2) is 0 Å². The second-order valence-corrected chi connectivity index (χ2v) is 4.07. The van der Waals surface area contributed by atoms with Crippen molar-refractivity contribution < 1.29 is 9.59 Å². The van der Waals surface area contributed by atoms with Crippen LogP contribution in [0.25, 0.3) is 11.1 Å². The molecule has 0 aliphatic heterocycles. The van der Waals surface area contributed by atoms with E-state index in [1.807, 2.05) is 48.5 Å². The molecule has 0 saturated heterocycles. The fraction of sp³-hybridized carbons (Fsp3) is 0.0667. The molecule has 0 bridgehead atoms. The van der Waals surface area contributed by atoms with E-state index in [9.17, 15) is 9.59 Å². The molecule has 2 aromatic carbocycles. The van der Waals surface area contributed by atoms with Crippen molar-refractivity contribution in [2.45, 2.75) is 5.92 Å². The van der Waals surface area contributed by atoms with Crippen molar-refractivity contribution in [1.29, 1.82) is 0 Å². The molecule has 0 unspecified atom stereocenters. The van der Waals surface area contributed by atoms with Crippen LogP contribution in [0.3, 0.4) is 0 Å². The van der Waals surface area contributed by atoms with Gasteiger partial charge in [0.2, 0.25) is 5.78 Å². The Morgan fingerprint density at radius 2 is 1.35 bits per heavy atom. The Balaban J connectivity index is 2.31. The Hall–Kier alpha value is -2.22. The van der Waals surface area contributed by atoms with Gasteiger partial charge in [0.1, 0.15) is 0 Å². The SMILES string of the molecule is O=[C]C(=O)C1c2ccccc2-c2ccccc21. The van der Waals surface area contributed by atoms with Crippen LogP contribution >= 0.6 is 0 Å². The maximum Gasteiger partial charge on any atom is 0.273 e. The average Bonchev–Trinajstić information content (AvgIpc) is 2.72. The van der Waals surface area contributed by atoms with Crippen LogP contribution in [0, 0.1) is 0 Å². The van der Waals surface area contributed by atoms with Crippen molar-refractivity contribution in [3.8, 4) is 11.1 Å². The number of benzene rings is 2. The van der Waals surface area contributed by atoms with Gasteiger partial charge in [-0.1, -0.05) is 48.5 Å². The zero-order valence-electron chi connectivity index (χ0n) is 9.01. The van der Waals surface area contributed by atoms with Crippen molar-refractivity contribution in [2.75, 3.05) is 0 Å². The molecule has 0 heterocycles. The Morgan fingerprint density at radius 3 is 1.82 bits per heavy atom. The number of Topliss-reactive ketones (excluding diaryl/α,β-unsaturated/α-hetero) is 1. The van der Waals surface area contributed by atoms with Gasteiger partial charge in [-0.3, -0.25) is 9.59 Å². The molecular weight excluding hydrogens is 212 g/mol. The van der Waals surface area contributed by atoms with Gasteiger partial charge >= 0.3 is 0 Å². The number of carbonyl (C=O) groups excluding carboxylic acids is 2. The molecule has 0 atom stereocenters. The molecule has 3 rings (SSSR count). The van der Waals surface area contributed by atoms with E-state index in [4.69, 9.17) is 0 Å². The van der Waals surface area contributed by atoms with E-state index >= 15 is 0 Å². The first kappa shape index (κ1) is 9.97. The summed E-state index contributed by atoms with van der Waals surface area (Å²) in [5.41, 5.74) is 3.89. The highest BCUT2D eigenvalue weighted by molar-refractivity contribution is 6.30. The highest BCUT2D eigenvalue weighted by atomic mass is 16.2. The summed E-state index contributed by atoms with van der Waals surface area (Å²) in [5.74, 6) is -0.970. The van der Waals surface area contributed by atoms with Gasteiger partial charge < -0.3 is 0 Å². The van der Waals surface area contributed by atoms with Crippen LogP contribution in [-0.2, 0) is 9.59 Å². The van der Waals surface area contributed by atoms with Gasteiger partial charge in [0.05, 0.1) is 5.92 Å². The van der Waals surface area contributed by atoms with E-state index in [1.54, 1.807) is 0 Å². The van der Waals surface area contributed by atoms with Crippen LogP contribution in [0.15, 0.2) is 48.5 Å². The molecule has 1 aliphatic rings. The predicted octanol–water partition coefficient (Wildman–Crippen LogP) is 2.48. The van der Waals surface area contributed by atoms with E-state index in [0.717, 1.165) is 22.3 Å². The zero-order valence-corrected chi connectivity index (χ0v) is 9.01. The van der Waals surface area contributed by atoms with Gasteiger partial charge in [-0.25, -0.2) is 0 Å². The number of hydrogen-bond donors (Lipinski definition) is 0. The average molecular weight is 221 g/mol. The first-order valence-electron chi connectivity index (χ1n) is 5.43. The van der Waals surface area contributed by atoms with Gasteiger partial charge in [-0.15, -0.1) is 0 Å². The van der Waals surface area contributed by atoms with Crippen LogP contribution in [0.4, 0.5) is 0 Å². The monoisotopic (exact) mass is 221 g/mol. The van der Waals surface area contributed by atoms with Crippen LogP contribution in [-0.4, -0.2) is 12.1 Å². The third-order valence-corrected chi connectivity index (χ3v) is 3.20. The lowest BCUT2D eigenvalue weighted by atomic mass is 9.93. The fourth-order valence-electron chi connectivity index (χ4n) is 2.50. The highest BCUT2D eigenvalue weighted by Gasteiger charge is 2.33. The van der Waals surface area contributed by atoms with E-state index < -0.39 is 11.7 Å². The molecule has 0 fully saturated rings. The third-order valence-electron chi connectivity index (χ3n) is 3.20. The molecule has 2 aromatic rings. The van der Waals surface area contributed by atoms with Crippen LogP contribution in [0.2, 0.25) is 0 Å². The highest BCUT2D eigenvalue weighted by Crippen LogP contribution is 2.44. The molecule has 17 heavy (non-hydrogen) atoms. The molecular formula is C15H9O2. The maximum absolute atomic E-state index is 11.7. The lowest BCUT2D eigenvalue weighted by molar-refractivity contribution is -0.113. The molecule has 0 saturated carbocycles. The number of ketones is 1. The van der Waals surface area contributed by atoms with Gasteiger partial charge in [0, 0.05) is 0 Å². The Morgan fingerprint density at radius 1 is 0.882 bits per heavy atom. The molecule has 0 N–H and O–H groups in total. The fourth-order valence-corrected chi connectivity index (χ4v) is 2.50. The standard InChI is InChI=1S/C15H9O2/c16-9-14(17)15-12-7-3-1-5-10(12)11-6-2-4-8-13(11)15/h1-8,15H. The minimum Gasteiger partial charge on any atom is -0.289 e. The number of hydrogen-bond acceptors (Lipinski definition) is 2. The van der Waals surface area contributed by atoms with E-state index in [0.29, 0.717) is 0 Å². The van der Waals surface area contributed by atoms with Crippen molar-refractivity contribution in [2.24, 2.45) is 0 Å². The maximum atomic E-state index is 11.7. The van der Waals surface area contributed by atoms with Crippen molar-refractivity contribution in [3.05, 3.63) is 59.7 Å². The summed E-state index contributed by atoms with van der Waals surface area (Å²) in [6.45, 7) is 0. The predicted molar refractivity (Wildman–Crippen MR) is 64.4 cm³/mol. The van der Waals surface area contributed by atoms with Crippen LogP contribution in [0.5, 0.6) is 0 Å². The summed E-state index contributed by atoms with van der Waals surface area (Å²) >= 11 is 0. The minimum atomic E-state index is -0.498. The van der Waals surface area contributed by atoms with Crippen molar-refractivity contribution >= 4 is 12.1 Å². The molecule has 81 valence electrons. The summed E-state index contributed by atoms with van der Waals surface area (Å²) in [7, 11) is 0. The Kier molecular flexibility index (Phi) is 2.15. The number of carbonyl (C=O) groups is 1. The molecule has 1 aliphatic carbocycles. The molecule has 0 amide bonds. The molecule has 2 nitrogen and oxygen atoms in total. The largest absolute Gasteiger partial charge is 0.289 e.